The first kappa shape index (κ1) is 19.0. The standard InChI is InChI=1S/C22H20Cl2N2O2/c1-3-12(2)20-22(16-8-7-15(24)10-18(16)25-21(22)28)17(11-19(27)26-20)13-5-4-6-14(23)9-13/h4-10,17,20H,2-3,11H2,1H3,(H,25,28)(H,26,27)/t17-,20+,22-/m0/s1. The molecule has 0 saturated carbocycles. The fourth-order valence-electron chi connectivity index (χ4n) is 4.57. The number of rotatable bonds is 3. The van der Waals surface area contributed by atoms with Crippen molar-refractivity contribution < 1.29 is 9.59 Å². The lowest BCUT2D eigenvalue weighted by Gasteiger charge is -2.47. The Morgan fingerprint density at radius 2 is 1.93 bits per heavy atom. The van der Waals surface area contributed by atoms with E-state index in [-0.39, 0.29) is 24.2 Å². The Hall–Kier alpha value is -2.30. The third-order valence-corrected chi connectivity index (χ3v) is 6.33. The molecule has 144 valence electrons. The van der Waals surface area contributed by atoms with Crippen LogP contribution in [0.3, 0.4) is 0 Å². The molecule has 3 atom stereocenters. The second-order valence-corrected chi connectivity index (χ2v) is 8.21. The molecule has 2 aromatic carbocycles. The molecule has 4 nitrogen and oxygen atoms in total. The zero-order chi connectivity index (χ0) is 20.1. The van der Waals surface area contributed by atoms with E-state index in [0.29, 0.717) is 22.2 Å². The van der Waals surface area contributed by atoms with Gasteiger partial charge in [0.05, 0.1) is 6.04 Å². The number of fused-ring (bicyclic) bond motifs is 2. The predicted octanol–water partition coefficient (Wildman–Crippen LogP) is 4.82. The van der Waals surface area contributed by atoms with Crippen molar-refractivity contribution in [1.82, 2.24) is 5.32 Å². The van der Waals surface area contributed by atoms with Gasteiger partial charge >= 0.3 is 0 Å². The molecule has 0 aliphatic carbocycles. The van der Waals surface area contributed by atoms with Gasteiger partial charge in [0.2, 0.25) is 11.8 Å². The summed E-state index contributed by atoms with van der Waals surface area (Å²) < 4.78 is 0. The Morgan fingerprint density at radius 1 is 1.18 bits per heavy atom. The summed E-state index contributed by atoms with van der Waals surface area (Å²) in [6, 6.07) is 12.3. The van der Waals surface area contributed by atoms with Gasteiger partial charge in [-0.3, -0.25) is 9.59 Å². The van der Waals surface area contributed by atoms with E-state index in [1.807, 2.05) is 31.2 Å². The number of hydrogen-bond acceptors (Lipinski definition) is 2. The Bertz CT molecular complexity index is 1000. The van der Waals surface area contributed by atoms with E-state index in [9.17, 15) is 9.59 Å². The molecule has 28 heavy (non-hydrogen) atoms. The van der Waals surface area contributed by atoms with Gasteiger partial charge in [0.15, 0.2) is 0 Å². The van der Waals surface area contributed by atoms with Crippen LogP contribution in [0.25, 0.3) is 0 Å². The summed E-state index contributed by atoms with van der Waals surface area (Å²) in [4.78, 5) is 26.2. The van der Waals surface area contributed by atoms with Gasteiger partial charge in [0.25, 0.3) is 0 Å². The molecule has 0 radical (unpaired) electrons. The second kappa shape index (κ2) is 6.94. The molecule has 2 heterocycles. The van der Waals surface area contributed by atoms with Gasteiger partial charge in [-0.15, -0.1) is 0 Å². The Balaban J connectivity index is 2.01. The quantitative estimate of drug-likeness (QED) is 0.707. The minimum absolute atomic E-state index is 0.106. The van der Waals surface area contributed by atoms with Gasteiger partial charge in [-0.2, -0.15) is 0 Å². The van der Waals surface area contributed by atoms with Crippen LogP contribution in [0.2, 0.25) is 10.0 Å². The number of benzene rings is 2. The van der Waals surface area contributed by atoms with Crippen LogP contribution in [-0.2, 0) is 15.0 Å². The largest absolute Gasteiger partial charge is 0.348 e. The summed E-state index contributed by atoms with van der Waals surface area (Å²) in [7, 11) is 0. The normalized spacial score (nSPS) is 26.0. The maximum atomic E-state index is 13.5. The molecule has 1 spiro atoms. The van der Waals surface area contributed by atoms with Crippen LogP contribution in [-0.4, -0.2) is 17.9 Å². The van der Waals surface area contributed by atoms with Crippen molar-refractivity contribution in [3.63, 3.8) is 0 Å². The summed E-state index contributed by atoms with van der Waals surface area (Å²) >= 11 is 12.4. The molecule has 2 aliphatic heterocycles. The minimum Gasteiger partial charge on any atom is -0.348 e. The first-order chi connectivity index (χ1) is 13.4. The molecule has 4 rings (SSSR count). The van der Waals surface area contributed by atoms with Crippen LogP contribution in [0.5, 0.6) is 0 Å². The Morgan fingerprint density at radius 3 is 2.64 bits per heavy atom. The SMILES string of the molecule is C=C(CC)[C@H]1NC(=O)C[C@@H](c2cccc(Cl)c2)[C@]12C(=O)Nc1cc(Cl)ccc12. The van der Waals surface area contributed by atoms with Gasteiger partial charge in [-0.05, 0) is 41.8 Å². The molecule has 0 unspecified atom stereocenters. The number of piperidine rings is 1. The summed E-state index contributed by atoms with van der Waals surface area (Å²) in [5.41, 5.74) is 2.15. The van der Waals surface area contributed by atoms with Gasteiger partial charge in [-0.1, -0.05) is 60.5 Å². The van der Waals surface area contributed by atoms with E-state index in [1.165, 1.54) is 0 Å². The molecule has 0 bridgehead atoms. The van der Waals surface area contributed by atoms with Crippen LogP contribution in [0, 0.1) is 0 Å². The van der Waals surface area contributed by atoms with E-state index in [0.717, 1.165) is 16.7 Å². The van der Waals surface area contributed by atoms with Crippen molar-refractivity contribution in [2.45, 2.75) is 37.1 Å². The van der Waals surface area contributed by atoms with Gasteiger partial charge in [0, 0.05) is 28.1 Å². The van der Waals surface area contributed by atoms with Crippen molar-refractivity contribution in [2.75, 3.05) is 5.32 Å². The molecule has 1 fully saturated rings. The summed E-state index contributed by atoms with van der Waals surface area (Å²) in [5, 5.41) is 7.13. The number of halogens is 2. The van der Waals surface area contributed by atoms with Crippen LogP contribution < -0.4 is 10.6 Å². The zero-order valence-electron chi connectivity index (χ0n) is 15.4. The van der Waals surface area contributed by atoms with Crippen molar-refractivity contribution in [2.24, 2.45) is 0 Å². The average molecular weight is 415 g/mol. The van der Waals surface area contributed by atoms with E-state index in [1.54, 1.807) is 18.2 Å². The smallest absolute Gasteiger partial charge is 0.238 e. The highest BCUT2D eigenvalue weighted by atomic mass is 35.5. The van der Waals surface area contributed by atoms with Crippen molar-refractivity contribution in [3.8, 4) is 0 Å². The lowest BCUT2D eigenvalue weighted by Crippen LogP contribution is -2.62. The Labute approximate surface area is 173 Å². The molecule has 2 aromatic rings. The molecular formula is C22H20Cl2N2O2. The second-order valence-electron chi connectivity index (χ2n) is 7.34. The van der Waals surface area contributed by atoms with Crippen LogP contribution in [0.1, 0.15) is 36.8 Å². The summed E-state index contributed by atoms with van der Waals surface area (Å²) in [5.74, 6) is -0.643. The van der Waals surface area contributed by atoms with Crippen LogP contribution >= 0.6 is 23.2 Å². The monoisotopic (exact) mass is 414 g/mol. The van der Waals surface area contributed by atoms with Crippen molar-refractivity contribution >= 4 is 40.7 Å². The number of hydrogen-bond donors (Lipinski definition) is 2. The molecule has 2 N–H and O–H groups in total. The average Bonchev–Trinajstić information content (AvgIpc) is 2.94. The van der Waals surface area contributed by atoms with Crippen molar-refractivity contribution in [1.29, 1.82) is 0 Å². The lowest BCUT2D eigenvalue weighted by molar-refractivity contribution is -0.130. The Kier molecular flexibility index (Phi) is 4.72. The first-order valence-corrected chi connectivity index (χ1v) is 9.97. The summed E-state index contributed by atoms with van der Waals surface area (Å²) in [6.45, 7) is 6.15. The molecular weight excluding hydrogens is 395 g/mol. The topological polar surface area (TPSA) is 58.2 Å². The first-order valence-electron chi connectivity index (χ1n) is 9.22. The summed E-state index contributed by atoms with van der Waals surface area (Å²) in [6.07, 6.45) is 0.828. The number of carbonyl (C=O) groups is 2. The predicted molar refractivity (Wildman–Crippen MR) is 112 cm³/mol. The third-order valence-electron chi connectivity index (χ3n) is 5.86. The van der Waals surface area contributed by atoms with Gasteiger partial charge in [-0.25, -0.2) is 0 Å². The molecule has 0 aromatic heterocycles. The highest BCUT2D eigenvalue weighted by Crippen LogP contribution is 2.54. The van der Waals surface area contributed by atoms with Crippen LogP contribution in [0.15, 0.2) is 54.6 Å². The number of nitrogens with one attached hydrogen (secondary N) is 2. The van der Waals surface area contributed by atoms with Crippen molar-refractivity contribution in [3.05, 3.63) is 75.8 Å². The molecule has 6 heteroatoms. The fraction of sp³-hybridized carbons (Fsp3) is 0.273. The van der Waals surface area contributed by atoms with E-state index in [4.69, 9.17) is 23.2 Å². The molecule has 2 amide bonds. The van der Waals surface area contributed by atoms with Gasteiger partial charge in [0.1, 0.15) is 5.41 Å². The lowest BCUT2D eigenvalue weighted by atomic mass is 9.59. The molecule has 1 saturated heterocycles. The maximum absolute atomic E-state index is 13.5. The number of amides is 2. The van der Waals surface area contributed by atoms with Crippen LogP contribution in [0.4, 0.5) is 5.69 Å². The third kappa shape index (κ3) is 2.75. The maximum Gasteiger partial charge on any atom is 0.238 e. The highest BCUT2D eigenvalue weighted by molar-refractivity contribution is 6.31. The zero-order valence-corrected chi connectivity index (χ0v) is 16.9. The molecule has 2 aliphatic rings. The number of carbonyl (C=O) groups excluding carboxylic acids is 2. The minimum atomic E-state index is -1.01. The number of anilines is 1. The van der Waals surface area contributed by atoms with E-state index in [2.05, 4.69) is 17.2 Å². The van der Waals surface area contributed by atoms with E-state index >= 15 is 0 Å². The van der Waals surface area contributed by atoms with Gasteiger partial charge < -0.3 is 10.6 Å². The van der Waals surface area contributed by atoms with E-state index < -0.39 is 11.5 Å². The fourth-order valence-corrected chi connectivity index (χ4v) is 4.95. The highest BCUT2D eigenvalue weighted by Gasteiger charge is 2.61.